The average molecular weight is 286 g/mol. The lowest BCUT2D eigenvalue weighted by Gasteiger charge is -2.16. The first-order chi connectivity index (χ1) is 10.0. The number of pyridine rings is 1. The predicted molar refractivity (Wildman–Crippen MR) is 86.6 cm³/mol. The lowest BCUT2D eigenvalue weighted by Crippen LogP contribution is -2.23. The van der Waals surface area contributed by atoms with Gasteiger partial charge in [-0.25, -0.2) is 0 Å². The lowest BCUT2D eigenvalue weighted by atomic mass is 10.1. The van der Waals surface area contributed by atoms with Crippen LogP contribution in [0.4, 0.5) is 5.69 Å². The molecular formula is C17H22N2O2. The zero-order valence-corrected chi connectivity index (χ0v) is 12.8. The molecule has 2 N–H and O–H groups in total. The van der Waals surface area contributed by atoms with Crippen LogP contribution in [-0.4, -0.2) is 11.2 Å². The molecule has 0 amide bonds. The normalized spacial score (nSPS) is 10.9. The van der Waals surface area contributed by atoms with Gasteiger partial charge < -0.3 is 15.0 Å². The van der Waals surface area contributed by atoms with Crippen LogP contribution in [0.5, 0.6) is 5.75 Å². The third kappa shape index (κ3) is 3.27. The lowest BCUT2D eigenvalue weighted by molar-refractivity contribution is 0.272. The molecular weight excluding hydrogens is 264 g/mol. The third-order valence-electron chi connectivity index (χ3n) is 3.26. The Labute approximate surface area is 125 Å². The van der Waals surface area contributed by atoms with E-state index < -0.39 is 0 Å². The minimum atomic E-state index is -0.159. The highest BCUT2D eigenvalue weighted by atomic mass is 16.5. The molecule has 1 heterocycles. The average Bonchev–Trinajstić information content (AvgIpc) is 2.48. The Balaban J connectivity index is 2.52. The van der Waals surface area contributed by atoms with E-state index in [-0.39, 0.29) is 11.2 Å². The summed E-state index contributed by atoms with van der Waals surface area (Å²) in [6.07, 6.45) is 0. The van der Waals surface area contributed by atoms with Crippen molar-refractivity contribution in [2.24, 2.45) is 5.92 Å². The summed E-state index contributed by atoms with van der Waals surface area (Å²) >= 11 is 0. The monoisotopic (exact) mass is 286 g/mol. The van der Waals surface area contributed by atoms with Gasteiger partial charge in [-0.05, 0) is 37.1 Å². The van der Waals surface area contributed by atoms with Gasteiger partial charge >= 0.3 is 0 Å². The van der Waals surface area contributed by atoms with Gasteiger partial charge in [0.1, 0.15) is 5.75 Å². The summed E-state index contributed by atoms with van der Waals surface area (Å²) < 4.78 is 7.55. The molecule has 0 fully saturated rings. The van der Waals surface area contributed by atoms with Gasteiger partial charge in [0.2, 0.25) is 0 Å². The minimum absolute atomic E-state index is 0.159. The number of anilines is 1. The molecule has 0 unspecified atom stereocenters. The summed E-state index contributed by atoms with van der Waals surface area (Å²) in [7, 11) is 0. The van der Waals surface area contributed by atoms with E-state index >= 15 is 0 Å². The molecule has 2 aromatic rings. The Morgan fingerprint density at radius 1 is 1.19 bits per heavy atom. The predicted octanol–water partition coefficient (Wildman–Crippen LogP) is 3.15. The fourth-order valence-corrected chi connectivity index (χ4v) is 2.20. The number of nitrogens with zero attached hydrogens (tertiary/aromatic N) is 1. The smallest absolute Gasteiger partial charge is 0.274 e. The maximum absolute atomic E-state index is 12.2. The number of para-hydroxylation sites is 1. The van der Waals surface area contributed by atoms with Crippen LogP contribution in [0.15, 0.2) is 41.2 Å². The Morgan fingerprint density at radius 2 is 1.90 bits per heavy atom. The summed E-state index contributed by atoms with van der Waals surface area (Å²) in [6, 6.07) is 11.3. The first kappa shape index (κ1) is 15.2. The molecule has 0 aliphatic carbocycles. The van der Waals surface area contributed by atoms with Crippen LogP contribution in [0.2, 0.25) is 0 Å². The molecule has 0 radical (unpaired) electrons. The number of ether oxygens (including phenoxy) is 1. The molecule has 1 aromatic carbocycles. The molecule has 112 valence electrons. The molecule has 0 saturated heterocycles. The molecule has 0 aliphatic heterocycles. The number of benzene rings is 1. The third-order valence-corrected chi connectivity index (χ3v) is 3.26. The molecule has 0 saturated carbocycles. The van der Waals surface area contributed by atoms with Crippen molar-refractivity contribution in [3.8, 4) is 17.0 Å². The van der Waals surface area contributed by atoms with Gasteiger partial charge in [-0.15, -0.1) is 0 Å². The molecule has 0 bridgehead atoms. The summed E-state index contributed by atoms with van der Waals surface area (Å²) in [4.78, 5) is 12.2. The highest BCUT2D eigenvalue weighted by Crippen LogP contribution is 2.29. The van der Waals surface area contributed by atoms with E-state index in [1.165, 1.54) is 0 Å². The molecule has 0 aliphatic rings. The topological polar surface area (TPSA) is 57.2 Å². The van der Waals surface area contributed by atoms with Crippen molar-refractivity contribution in [3.63, 3.8) is 0 Å². The van der Waals surface area contributed by atoms with E-state index in [4.69, 9.17) is 10.5 Å². The van der Waals surface area contributed by atoms with Gasteiger partial charge in [-0.3, -0.25) is 4.79 Å². The van der Waals surface area contributed by atoms with Crippen LogP contribution < -0.4 is 16.0 Å². The summed E-state index contributed by atoms with van der Waals surface area (Å²) in [6.45, 7) is 7.35. The van der Waals surface area contributed by atoms with Crippen LogP contribution in [0, 0.1) is 5.92 Å². The van der Waals surface area contributed by atoms with E-state index in [1.54, 1.807) is 10.6 Å². The maximum Gasteiger partial charge on any atom is 0.274 e. The van der Waals surface area contributed by atoms with Crippen molar-refractivity contribution in [1.82, 2.24) is 4.57 Å². The highest BCUT2D eigenvalue weighted by Gasteiger charge is 2.12. The van der Waals surface area contributed by atoms with Crippen molar-refractivity contribution in [2.45, 2.75) is 27.3 Å². The second-order valence-electron chi connectivity index (χ2n) is 5.42. The quantitative estimate of drug-likeness (QED) is 0.918. The van der Waals surface area contributed by atoms with E-state index in [9.17, 15) is 4.79 Å². The highest BCUT2D eigenvalue weighted by molar-refractivity contribution is 5.68. The SMILES string of the molecule is CCn1c(-c2ccccc2OCC(C)C)ccc(N)c1=O. The van der Waals surface area contributed by atoms with Gasteiger partial charge in [0.05, 0.1) is 18.0 Å². The standard InChI is InChI=1S/C17H22N2O2/c1-4-19-15(10-9-14(18)17(19)20)13-7-5-6-8-16(13)21-11-12(2)3/h5-10,12H,4,11,18H2,1-3H3. The van der Waals surface area contributed by atoms with Crippen LogP contribution in [0.1, 0.15) is 20.8 Å². The summed E-state index contributed by atoms with van der Waals surface area (Å²) in [5.41, 5.74) is 7.57. The number of hydrogen-bond acceptors (Lipinski definition) is 3. The van der Waals surface area contributed by atoms with Crippen LogP contribution in [0.25, 0.3) is 11.3 Å². The summed E-state index contributed by atoms with van der Waals surface area (Å²) in [5, 5.41) is 0. The van der Waals surface area contributed by atoms with E-state index in [0.717, 1.165) is 17.0 Å². The second kappa shape index (κ2) is 6.48. The van der Waals surface area contributed by atoms with Crippen LogP contribution in [-0.2, 0) is 6.54 Å². The molecule has 0 spiro atoms. The van der Waals surface area contributed by atoms with Gasteiger partial charge in [-0.2, -0.15) is 0 Å². The first-order valence-electron chi connectivity index (χ1n) is 7.26. The fourth-order valence-electron chi connectivity index (χ4n) is 2.20. The van der Waals surface area contributed by atoms with Gasteiger partial charge in [0.15, 0.2) is 0 Å². The molecule has 2 rings (SSSR count). The Bertz CT molecular complexity index is 675. The van der Waals surface area contributed by atoms with Crippen molar-refractivity contribution in [3.05, 3.63) is 46.8 Å². The van der Waals surface area contributed by atoms with Gasteiger partial charge in [-0.1, -0.05) is 26.0 Å². The zero-order chi connectivity index (χ0) is 15.4. The fraction of sp³-hybridized carbons (Fsp3) is 0.353. The van der Waals surface area contributed by atoms with Crippen molar-refractivity contribution in [1.29, 1.82) is 0 Å². The molecule has 1 aromatic heterocycles. The Kier molecular flexibility index (Phi) is 4.68. The van der Waals surface area contributed by atoms with Gasteiger partial charge in [0, 0.05) is 12.1 Å². The van der Waals surface area contributed by atoms with E-state index in [2.05, 4.69) is 13.8 Å². The van der Waals surface area contributed by atoms with Crippen LogP contribution >= 0.6 is 0 Å². The van der Waals surface area contributed by atoms with Crippen LogP contribution in [0.3, 0.4) is 0 Å². The van der Waals surface area contributed by atoms with E-state index in [0.29, 0.717) is 19.1 Å². The number of nitrogens with two attached hydrogens (primary N) is 1. The number of hydrogen-bond donors (Lipinski definition) is 1. The first-order valence-corrected chi connectivity index (χ1v) is 7.26. The molecule has 0 atom stereocenters. The van der Waals surface area contributed by atoms with Crippen molar-refractivity contribution in [2.75, 3.05) is 12.3 Å². The minimum Gasteiger partial charge on any atom is -0.493 e. The molecule has 4 nitrogen and oxygen atoms in total. The summed E-state index contributed by atoms with van der Waals surface area (Å²) in [5.74, 6) is 1.23. The maximum atomic E-state index is 12.2. The second-order valence-corrected chi connectivity index (χ2v) is 5.42. The Morgan fingerprint density at radius 3 is 2.57 bits per heavy atom. The molecule has 4 heteroatoms. The number of nitrogen functional groups attached to an aromatic ring is 1. The van der Waals surface area contributed by atoms with Crippen molar-refractivity contribution >= 4 is 5.69 Å². The largest absolute Gasteiger partial charge is 0.493 e. The number of rotatable bonds is 5. The molecule has 21 heavy (non-hydrogen) atoms. The Hall–Kier alpha value is -2.23. The van der Waals surface area contributed by atoms with Crippen molar-refractivity contribution < 1.29 is 4.74 Å². The van der Waals surface area contributed by atoms with Gasteiger partial charge in [0.25, 0.3) is 5.56 Å². The van der Waals surface area contributed by atoms with E-state index in [1.807, 2.05) is 37.3 Å². The number of aromatic nitrogens is 1. The zero-order valence-electron chi connectivity index (χ0n) is 12.8.